The van der Waals surface area contributed by atoms with Gasteiger partial charge in [0.15, 0.2) is 0 Å². The molecule has 0 spiro atoms. The first-order valence-electron chi connectivity index (χ1n) is 7.89. The van der Waals surface area contributed by atoms with Crippen molar-refractivity contribution in [1.82, 2.24) is 4.90 Å². The van der Waals surface area contributed by atoms with E-state index in [1.54, 1.807) is 0 Å². The molecule has 1 aliphatic heterocycles. The largest absolute Gasteiger partial charge is 0.445 e. The van der Waals surface area contributed by atoms with Crippen molar-refractivity contribution in [3.05, 3.63) is 48.6 Å². The molecule has 1 fully saturated rings. The zero-order valence-corrected chi connectivity index (χ0v) is 12.7. The predicted molar refractivity (Wildman–Crippen MR) is 85.0 cm³/mol. The number of hydrogen-bond donors (Lipinski definition) is 0. The number of carbonyl (C=O) groups excluding carboxylic acids is 1. The Labute approximate surface area is 127 Å². The molecule has 1 atom stereocenters. The van der Waals surface area contributed by atoms with Gasteiger partial charge >= 0.3 is 6.09 Å². The summed E-state index contributed by atoms with van der Waals surface area (Å²) in [6.07, 6.45) is 8.32. The summed E-state index contributed by atoms with van der Waals surface area (Å²) in [6, 6.07) is 10.1. The van der Waals surface area contributed by atoms with E-state index in [1.807, 2.05) is 41.3 Å². The number of amides is 1. The normalized spacial score (nSPS) is 19.4. The molecule has 3 nitrogen and oxygen atoms in total. The Balaban J connectivity index is 1.94. The number of rotatable bonds is 4. The number of ether oxygens (including phenoxy) is 1. The van der Waals surface area contributed by atoms with E-state index in [-0.39, 0.29) is 12.1 Å². The molecule has 0 saturated carbocycles. The minimum Gasteiger partial charge on any atom is -0.445 e. The highest BCUT2D eigenvalue weighted by molar-refractivity contribution is 5.68. The first-order valence-corrected chi connectivity index (χ1v) is 7.89. The molecule has 21 heavy (non-hydrogen) atoms. The van der Waals surface area contributed by atoms with Gasteiger partial charge in [-0.25, -0.2) is 4.79 Å². The second kappa shape index (κ2) is 8.50. The molecule has 1 heterocycles. The maximum absolute atomic E-state index is 12.4. The van der Waals surface area contributed by atoms with Gasteiger partial charge in [-0.1, -0.05) is 55.7 Å². The summed E-state index contributed by atoms with van der Waals surface area (Å²) in [4.78, 5) is 14.3. The van der Waals surface area contributed by atoms with E-state index in [2.05, 4.69) is 6.58 Å². The molecule has 1 aromatic carbocycles. The smallest absolute Gasteiger partial charge is 0.410 e. The van der Waals surface area contributed by atoms with E-state index in [0.29, 0.717) is 6.61 Å². The lowest BCUT2D eigenvalue weighted by Gasteiger charge is -2.32. The first kappa shape index (κ1) is 15.6. The Morgan fingerprint density at radius 2 is 2.00 bits per heavy atom. The summed E-state index contributed by atoms with van der Waals surface area (Å²) in [5.41, 5.74) is 1.03. The number of nitrogens with zero attached hydrogens (tertiary/aromatic N) is 1. The molecule has 1 saturated heterocycles. The van der Waals surface area contributed by atoms with E-state index < -0.39 is 0 Å². The Kier molecular flexibility index (Phi) is 6.32. The minimum atomic E-state index is -0.187. The molecule has 1 amide bonds. The standard InChI is InChI=1S/C18H25NO2/c1-2-10-17-13-8-3-4-9-14-19(17)18(20)21-15-16-11-6-5-7-12-16/h2,5-7,11-12,17H,1,3-4,8-10,13-15H2. The Hall–Kier alpha value is -1.77. The van der Waals surface area contributed by atoms with Crippen LogP contribution in [0.5, 0.6) is 0 Å². The summed E-state index contributed by atoms with van der Waals surface area (Å²) >= 11 is 0. The molecular weight excluding hydrogens is 262 g/mol. The molecule has 1 unspecified atom stereocenters. The zero-order chi connectivity index (χ0) is 14.9. The van der Waals surface area contributed by atoms with Crippen molar-refractivity contribution >= 4 is 6.09 Å². The molecular formula is C18H25NO2. The highest BCUT2D eigenvalue weighted by Gasteiger charge is 2.24. The number of carbonyl (C=O) groups is 1. The predicted octanol–water partition coefficient (Wildman–Crippen LogP) is 4.53. The van der Waals surface area contributed by atoms with Crippen molar-refractivity contribution < 1.29 is 9.53 Å². The van der Waals surface area contributed by atoms with E-state index in [4.69, 9.17) is 4.74 Å². The molecule has 114 valence electrons. The van der Waals surface area contributed by atoms with E-state index >= 15 is 0 Å². The van der Waals surface area contributed by atoms with Crippen LogP contribution in [0.3, 0.4) is 0 Å². The van der Waals surface area contributed by atoms with Gasteiger partial charge in [0.1, 0.15) is 6.61 Å². The Morgan fingerprint density at radius 3 is 2.76 bits per heavy atom. The summed E-state index contributed by atoms with van der Waals surface area (Å²) in [7, 11) is 0. The summed E-state index contributed by atoms with van der Waals surface area (Å²) in [5.74, 6) is 0. The van der Waals surface area contributed by atoms with Gasteiger partial charge in [0, 0.05) is 12.6 Å². The lowest BCUT2D eigenvalue weighted by Crippen LogP contribution is -2.41. The topological polar surface area (TPSA) is 29.5 Å². The van der Waals surface area contributed by atoms with Crippen LogP contribution in [0.25, 0.3) is 0 Å². The average Bonchev–Trinajstić information content (AvgIpc) is 2.49. The van der Waals surface area contributed by atoms with Gasteiger partial charge < -0.3 is 9.64 Å². The van der Waals surface area contributed by atoms with Crippen LogP contribution in [0, 0.1) is 0 Å². The monoisotopic (exact) mass is 287 g/mol. The molecule has 0 bridgehead atoms. The van der Waals surface area contributed by atoms with Gasteiger partial charge in [-0.3, -0.25) is 0 Å². The van der Waals surface area contributed by atoms with Crippen LogP contribution >= 0.6 is 0 Å². The third kappa shape index (κ3) is 4.92. The van der Waals surface area contributed by atoms with Crippen molar-refractivity contribution in [2.24, 2.45) is 0 Å². The highest BCUT2D eigenvalue weighted by atomic mass is 16.6. The molecule has 1 aromatic rings. The van der Waals surface area contributed by atoms with Crippen molar-refractivity contribution in [1.29, 1.82) is 0 Å². The molecule has 1 aliphatic rings. The lowest BCUT2D eigenvalue weighted by molar-refractivity contribution is 0.0749. The Morgan fingerprint density at radius 1 is 1.24 bits per heavy atom. The van der Waals surface area contributed by atoms with Crippen LogP contribution in [-0.2, 0) is 11.3 Å². The third-order valence-corrected chi connectivity index (χ3v) is 4.01. The third-order valence-electron chi connectivity index (χ3n) is 4.01. The second-order valence-corrected chi connectivity index (χ2v) is 5.61. The van der Waals surface area contributed by atoms with Crippen LogP contribution in [0.15, 0.2) is 43.0 Å². The van der Waals surface area contributed by atoms with E-state index in [0.717, 1.165) is 31.4 Å². The Bertz CT molecular complexity index is 444. The van der Waals surface area contributed by atoms with Crippen LogP contribution in [0.1, 0.15) is 44.1 Å². The van der Waals surface area contributed by atoms with Gasteiger partial charge in [-0.15, -0.1) is 6.58 Å². The van der Waals surface area contributed by atoms with Crippen molar-refractivity contribution in [2.75, 3.05) is 6.54 Å². The van der Waals surface area contributed by atoms with Crippen LogP contribution < -0.4 is 0 Å². The van der Waals surface area contributed by atoms with Gasteiger partial charge in [0.05, 0.1) is 0 Å². The van der Waals surface area contributed by atoms with Crippen molar-refractivity contribution in [3.63, 3.8) is 0 Å². The lowest BCUT2D eigenvalue weighted by atomic mass is 10.00. The average molecular weight is 287 g/mol. The molecule has 3 heteroatoms. The second-order valence-electron chi connectivity index (χ2n) is 5.61. The van der Waals surface area contributed by atoms with Crippen LogP contribution in [0.2, 0.25) is 0 Å². The van der Waals surface area contributed by atoms with Gasteiger partial charge in [-0.05, 0) is 24.8 Å². The minimum absolute atomic E-state index is 0.187. The highest BCUT2D eigenvalue weighted by Crippen LogP contribution is 2.20. The number of likely N-dealkylation sites (tertiary alicyclic amines) is 1. The fraction of sp³-hybridized carbons (Fsp3) is 0.500. The molecule has 0 radical (unpaired) electrons. The first-order chi connectivity index (χ1) is 10.3. The van der Waals surface area contributed by atoms with Crippen molar-refractivity contribution in [3.8, 4) is 0 Å². The zero-order valence-electron chi connectivity index (χ0n) is 12.7. The fourth-order valence-corrected chi connectivity index (χ4v) is 2.83. The SMILES string of the molecule is C=CCC1CCCCCCN1C(=O)OCc1ccccc1. The maximum Gasteiger partial charge on any atom is 0.410 e. The maximum atomic E-state index is 12.4. The number of benzene rings is 1. The van der Waals surface area contributed by atoms with Crippen LogP contribution in [-0.4, -0.2) is 23.6 Å². The van der Waals surface area contributed by atoms with E-state index in [1.165, 1.54) is 19.3 Å². The molecule has 2 rings (SSSR count). The summed E-state index contributed by atoms with van der Waals surface area (Å²) in [6.45, 7) is 4.96. The van der Waals surface area contributed by atoms with Gasteiger partial charge in [0.2, 0.25) is 0 Å². The molecule has 0 aromatic heterocycles. The molecule has 0 aliphatic carbocycles. The number of hydrogen-bond acceptors (Lipinski definition) is 2. The van der Waals surface area contributed by atoms with Gasteiger partial charge in [0.25, 0.3) is 0 Å². The van der Waals surface area contributed by atoms with Crippen LogP contribution in [0.4, 0.5) is 4.79 Å². The summed E-state index contributed by atoms with van der Waals surface area (Å²) < 4.78 is 5.49. The quantitative estimate of drug-likeness (QED) is 0.761. The summed E-state index contributed by atoms with van der Waals surface area (Å²) in [5, 5.41) is 0. The van der Waals surface area contributed by atoms with Gasteiger partial charge in [-0.2, -0.15) is 0 Å². The molecule has 0 N–H and O–H groups in total. The fourth-order valence-electron chi connectivity index (χ4n) is 2.83. The van der Waals surface area contributed by atoms with Crippen molar-refractivity contribution in [2.45, 2.75) is 51.2 Å². The van der Waals surface area contributed by atoms with E-state index in [9.17, 15) is 4.79 Å².